The van der Waals surface area contributed by atoms with Crippen LogP contribution in [0.3, 0.4) is 0 Å². The minimum Gasteiger partial charge on any atom is -0.330 e. The third-order valence-electron chi connectivity index (χ3n) is 3.18. The Balaban J connectivity index is 2.23. The minimum absolute atomic E-state index is 0.130. The van der Waals surface area contributed by atoms with E-state index in [0.717, 1.165) is 24.8 Å². The molecule has 0 bridgehead atoms. The molecule has 0 saturated heterocycles. The van der Waals surface area contributed by atoms with E-state index in [0.29, 0.717) is 11.0 Å². The van der Waals surface area contributed by atoms with Crippen molar-refractivity contribution in [3.8, 4) is 0 Å². The summed E-state index contributed by atoms with van der Waals surface area (Å²) < 4.78 is 0.527. The van der Waals surface area contributed by atoms with Gasteiger partial charge in [0, 0.05) is 6.07 Å². The molecule has 0 amide bonds. The van der Waals surface area contributed by atoms with Crippen molar-refractivity contribution in [1.82, 2.24) is 0 Å². The van der Waals surface area contributed by atoms with E-state index in [9.17, 15) is 10.1 Å². The summed E-state index contributed by atoms with van der Waals surface area (Å²) >= 11 is 3.18. The number of hydrogen-bond acceptors (Lipinski definition) is 3. The van der Waals surface area contributed by atoms with Gasteiger partial charge in [0.15, 0.2) is 0 Å². The molecule has 0 aromatic heterocycles. The van der Waals surface area contributed by atoms with Crippen molar-refractivity contribution in [2.24, 2.45) is 11.1 Å². The van der Waals surface area contributed by atoms with E-state index in [1.807, 2.05) is 6.07 Å². The third kappa shape index (κ3) is 2.25. The molecule has 0 radical (unpaired) electrons. The van der Waals surface area contributed by atoms with Gasteiger partial charge in [-0.15, -0.1) is 0 Å². The zero-order valence-electron chi connectivity index (χ0n) is 8.78. The number of hydrogen-bond donors (Lipinski definition) is 1. The van der Waals surface area contributed by atoms with Crippen molar-refractivity contribution in [3.63, 3.8) is 0 Å². The molecule has 1 aromatic rings. The van der Waals surface area contributed by atoms with Crippen LogP contribution in [0, 0.1) is 15.5 Å². The highest BCUT2D eigenvalue weighted by atomic mass is 79.9. The maximum absolute atomic E-state index is 10.8. The fourth-order valence-electron chi connectivity index (χ4n) is 1.87. The molecule has 1 saturated carbocycles. The average Bonchev–Trinajstić information content (AvgIpc) is 3.01. The van der Waals surface area contributed by atoms with E-state index < -0.39 is 0 Å². The summed E-state index contributed by atoms with van der Waals surface area (Å²) in [5.41, 5.74) is 7.04. The van der Waals surface area contributed by atoms with Crippen molar-refractivity contribution >= 4 is 21.6 Å². The lowest BCUT2D eigenvalue weighted by atomic mass is 9.96. The van der Waals surface area contributed by atoms with Crippen LogP contribution in [0.5, 0.6) is 0 Å². The van der Waals surface area contributed by atoms with Gasteiger partial charge in [0.1, 0.15) is 0 Å². The highest BCUT2D eigenvalue weighted by Gasteiger charge is 2.41. The summed E-state index contributed by atoms with van der Waals surface area (Å²) in [4.78, 5) is 10.4. The van der Waals surface area contributed by atoms with Crippen molar-refractivity contribution in [3.05, 3.63) is 38.3 Å². The zero-order chi connectivity index (χ0) is 11.8. The first-order chi connectivity index (χ1) is 7.56. The van der Waals surface area contributed by atoms with E-state index in [4.69, 9.17) is 5.73 Å². The van der Waals surface area contributed by atoms with Gasteiger partial charge in [-0.25, -0.2) is 0 Å². The molecule has 0 spiro atoms. The number of benzene rings is 1. The van der Waals surface area contributed by atoms with Crippen molar-refractivity contribution < 1.29 is 4.92 Å². The van der Waals surface area contributed by atoms with Crippen LogP contribution in [-0.4, -0.2) is 11.5 Å². The fourth-order valence-corrected chi connectivity index (χ4v) is 2.26. The molecule has 16 heavy (non-hydrogen) atoms. The van der Waals surface area contributed by atoms with E-state index >= 15 is 0 Å². The molecule has 86 valence electrons. The second-order valence-electron chi connectivity index (χ2n) is 4.42. The fraction of sp³-hybridized carbons (Fsp3) is 0.455. The largest absolute Gasteiger partial charge is 0.330 e. The van der Waals surface area contributed by atoms with Crippen LogP contribution in [0.25, 0.3) is 0 Å². The standard InChI is InChI=1S/C11H13BrN2O2/c12-9-2-1-8(5-10(9)14(15)16)6-11(7-13)3-4-11/h1-2,5H,3-4,6-7,13H2. The molecular weight excluding hydrogens is 272 g/mol. The van der Waals surface area contributed by atoms with Crippen LogP contribution < -0.4 is 5.73 Å². The van der Waals surface area contributed by atoms with E-state index in [-0.39, 0.29) is 16.0 Å². The second-order valence-corrected chi connectivity index (χ2v) is 5.28. The molecule has 1 aliphatic carbocycles. The van der Waals surface area contributed by atoms with Gasteiger partial charge in [-0.2, -0.15) is 0 Å². The summed E-state index contributed by atoms with van der Waals surface area (Å²) in [5, 5.41) is 10.8. The second kappa shape index (κ2) is 4.14. The Labute approximate surface area is 102 Å². The van der Waals surface area contributed by atoms with Crippen LogP contribution in [0.15, 0.2) is 22.7 Å². The highest BCUT2D eigenvalue weighted by Crippen LogP contribution is 2.47. The van der Waals surface area contributed by atoms with Gasteiger partial charge >= 0.3 is 0 Å². The first-order valence-electron chi connectivity index (χ1n) is 5.19. The summed E-state index contributed by atoms with van der Waals surface area (Å²) in [6.45, 7) is 0.664. The SMILES string of the molecule is NCC1(Cc2ccc(Br)c([N+](=O)[O-])c2)CC1. The Morgan fingerprint density at radius 3 is 2.69 bits per heavy atom. The molecule has 1 fully saturated rings. The molecular formula is C11H13BrN2O2. The van der Waals surface area contributed by atoms with Gasteiger partial charge < -0.3 is 5.73 Å². The summed E-state index contributed by atoms with van der Waals surface area (Å²) in [6, 6.07) is 5.30. The van der Waals surface area contributed by atoms with Crippen LogP contribution in [0.2, 0.25) is 0 Å². The Kier molecular flexibility index (Phi) is 2.99. The quantitative estimate of drug-likeness (QED) is 0.683. The van der Waals surface area contributed by atoms with Gasteiger partial charge in [-0.1, -0.05) is 6.07 Å². The zero-order valence-corrected chi connectivity index (χ0v) is 10.4. The first-order valence-corrected chi connectivity index (χ1v) is 5.98. The average molecular weight is 285 g/mol. The molecule has 2 N–H and O–H groups in total. The molecule has 5 heteroatoms. The van der Waals surface area contributed by atoms with Crippen molar-refractivity contribution in [2.75, 3.05) is 6.54 Å². The Morgan fingerprint density at radius 1 is 1.50 bits per heavy atom. The normalized spacial score (nSPS) is 17.1. The lowest BCUT2D eigenvalue weighted by Gasteiger charge is -2.11. The smallest absolute Gasteiger partial charge is 0.283 e. The van der Waals surface area contributed by atoms with Gasteiger partial charge in [0.2, 0.25) is 0 Å². The molecule has 1 aliphatic rings. The van der Waals surface area contributed by atoms with Crippen LogP contribution in [0.1, 0.15) is 18.4 Å². The van der Waals surface area contributed by atoms with Crippen molar-refractivity contribution in [1.29, 1.82) is 0 Å². The number of nitrogens with two attached hydrogens (primary N) is 1. The molecule has 0 atom stereocenters. The highest BCUT2D eigenvalue weighted by molar-refractivity contribution is 9.10. The Bertz CT molecular complexity index is 430. The summed E-state index contributed by atoms with van der Waals surface area (Å²) in [6.07, 6.45) is 3.11. The van der Waals surface area contributed by atoms with E-state index in [2.05, 4.69) is 15.9 Å². The molecule has 1 aromatic carbocycles. The van der Waals surface area contributed by atoms with Gasteiger partial charge in [-0.05, 0) is 58.8 Å². The van der Waals surface area contributed by atoms with Crippen LogP contribution in [-0.2, 0) is 6.42 Å². The number of halogens is 1. The predicted octanol–water partition coefficient (Wildman–Crippen LogP) is 2.64. The number of nitrogens with zero attached hydrogens (tertiary/aromatic N) is 1. The Morgan fingerprint density at radius 2 is 2.19 bits per heavy atom. The molecule has 0 unspecified atom stereocenters. The Hall–Kier alpha value is -0.940. The van der Waals surface area contributed by atoms with Crippen LogP contribution >= 0.6 is 15.9 Å². The van der Waals surface area contributed by atoms with Crippen molar-refractivity contribution in [2.45, 2.75) is 19.3 Å². The monoisotopic (exact) mass is 284 g/mol. The lowest BCUT2D eigenvalue weighted by molar-refractivity contribution is -0.385. The van der Waals surface area contributed by atoms with Crippen LogP contribution in [0.4, 0.5) is 5.69 Å². The van der Waals surface area contributed by atoms with E-state index in [1.54, 1.807) is 12.1 Å². The predicted molar refractivity (Wildman–Crippen MR) is 65.2 cm³/mol. The third-order valence-corrected chi connectivity index (χ3v) is 3.85. The maximum Gasteiger partial charge on any atom is 0.283 e. The number of rotatable bonds is 4. The topological polar surface area (TPSA) is 69.2 Å². The van der Waals surface area contributed by atoms with Gasteiger partial charge in [0.25, 0.3) is 5.69 Å². The van der Waals surface area contributed by atoms with E-state index in [1.165, 1.54) is 0 Å². The molecule has 0 heterocycles. The molecule has 2 rings (SSSR count). The van der Waals surface area contributed by atoms with Gasteiger partial charge in [-0.3, -0.25) is 10.1 Å². The lowest BCUT2D eigenvalue weighted by Crippen LogP contribution is -2.17. The summed E-state index contributed by atoms with van der Waals surface area (Å²) in [7, 11) is 0. The number of nitro benzene ring substituents is 1. The first kappa shape index (κ1) is 11.5. The molecule has 4 nitrogen and oxygen atoms in total. The number of nitro groups is 1. The summed E-state index contributed by atoms with van der Waals surface area (Å²) in [5.74, 6) is 0. The maximum atomic E-state index is 10.8. The molecule has 0 aliphatic heterocycles. The minimum atomic E-state index is -0.365. The van der Waals surface area contributed by atoms with Gasteiger partial charge in [0.05, 0.1) is 9.40 Å².